The van der Waals surface area contributed by atoms with E-state index in [1.807, 2.05) is 11.9 Å². The van der Waals surface area contributed by atoms with Crippen molar-refractivity contribution in [3.05, 3.63) is 52.7 Å². The number of hydrogen-bond donors (Lipinski definition) is 1. The van der Waals surface area contributed by atoms with Gasteiger partial charge in [0.25, 0.3) is 0 Å². The van der Waals surface area contributed by atoms with Crippen LogP contribution in [0.25, 0.3) is 0 Å². The van der Waals surface area contributed by atoms with Crippen molar-refractivity contribution in [1.82, 2.24) is 4.98 Å². The van der Waals surface area contributed by atoms with Gasteiger partial charge in [0.15, 0.2) is 5.82 Å². The molecule has 100 valence electrons. The van der Waals surface area contributed by atoms with E-state index < -0.39 is 0 Å². The molecule has 0 saturated heterocycles. The van der Waals surface area contributed by atoms with Crippen molar-refractivity contribution < 1.29 is 0 Å². The Labute approximate surface area is 119 Å². The minimum absolute atomic E-state index is 0.557. The molecule has 0 aliphatic rings. The lowest BCUT2D eigenvalue weighted by Gasteiger charge is -2.20. The molecule has 0 spiro atoms. The summed E-state index contributed by atoms with van der Waals surface area (Å²) in [6, 6.07) is 10.3. The Morgan fingerprint density at radius 1 is 1.21 bits per heavy atom. The highest BCUT2D eigenvalue weighted by Gasteiger charge is 2.08. The number of pyridine rings is 1. The van der Waals surface area contributed by atoms with Gasteiger partial charge in [0.2, 0.25) is 0 Å². The quantitative estimate of drug-likeness (QED) is 0.928. The predicted molar refractivity (Wildman–Crippen MR) is 81.6 cm³/mol. The standard InChI is InChI=1S/C15H18ClN3/c1-3-11-4-6-12(7-5-11)10-19(2)15-14(17)8-13(16)9-18-15/h4-9H,3,10,17H2,1-2H3. The highest BCUT2D eigenvalue weighted by Crippen LogP contribution is 2.23. The monoisotopic (exact) mass is 275 g/mol. The number of aryl methyl sites for hydroxylation is 1. The molecule has 3 nitrogen and oxygen atoms in total. The smallest absolute Gasteiger partial charge is 0.151 e. The molecule has 0 bridgehead atoms. The van der Waals surface area contributed by atoms with Crippen LogP contribution in [0.15, 0.2) is 36.5 Å². The van der Waals surface area contributed by atoms with Crippen molar-refractivity contribution in [1.29, 1.82) is 0 Å². The molecule has 0 atom stereocenters. The fourth-order valence-electron chi connectivity index (χ4n) is 2.00. The molecule has 2 N–H and O–H groups in total. The molecule has 0 aliphatic carbocycles. The van der Waals surface area contributed by atoms with Gasteiger partial charge in [0.05, 0.1) is 10.7 Å². The second-order valence-corrected chi connectivity index (χ2v) is 5.03. The van der Waals surface area contributed by atoms with Gasteiger partial charge in [-0.3, -0.25) is 0 Å². The number of benzene rings is 1. The Morgan fingerprint density at radius 2 is 1.84 bits per heavy atom. The zero-order valence-electron chi connectivity index (χ0n) is 11.2. The van der Waals surface area contributed by atoms with E-state index in [1.165, 1.54) is 11.1 Å². The van der Waals surface area contributed by atoms with Crippen molar-refractivity contribution in [3.8, 4) is 0 Å². The van der Waals surface area contributed by atoms with Gasteiger partial charge < -0.3 is 10.6 Å². The van der Waals surface area contributed by atoms with Gasteiger partial charge in [0.1, 0.15) is 0 Å². The first-order chi connectivity index (χ1) is 9.10. The third kappa shape index (κ3) is 3.38. The first-order valence-electron chi connectivity index (χ1n) is 6.30. The Hall–Kier alpha value is -1.74. The van der Waals surface area contributed by atoms with E-state index in [2.05, 4.69) is 36.2 Å². The lowest BCUT2D eigenvalue weighted by molar-refractivity contribution is 0.899. The molecular weight excluding hydrogens is 258 g/mol. The van der Waals surface area contributed by atoms with Crippen LogP contribution in [-0.2, 0) is 13.0 Å². The Kier molecular flexibility index (Phi) is 4.27. The van der Waals surface area contributed by atoms with E-state index in [-0.39, 0.29) is 0 Å². The molecule has 4 heteroatoms. The van der Waals surface area contributed by atoms with Crippen LogP contribution in [0.1, 0.15) is 18.1 Å². The maximum Gasteiger partial charge on any atom is 0.151 e. The van der Waals surface area contributed by atoms with Gasteiger partial charge in [-0.15, -0.1) is 0 Å². The predicted octanol–water partition coefficient (Wildman–Crippen LogP) is 3.52. The molecule has 2 rings (SSSR count). The first kappa shape index (κ1) is 13.7. The lowest BCUT2D eigenvalue weighted by atomic mass is 10.1. The van der Waals surface area contributed by atoms with E-state index in [9.17, 15) is 0 Å². The van der Waals surface area contributed by atoms with E-state index in [4.69, 9.17) is 17.3 Å². The molecule has 0 fully saturated rings. The summed E-state index contributed by atoms with van der Waals surface area (Å²) < 4.78 is 0. The molecule has 1 aromatic heterocycles. The number of halogens is 1. The van der Waals surface area contributed by atoms with Crippen LogP contribution < -0.4 is 10.6 Å². The second-order valence-electron chi connectivity index (χ2n) is 4.59. The molecular formula is C15H18ClN3. The number of nitrogen functional groups attached to an aromatic ring is 1. The van der Waals surface area contributed by atoms with E-state index >= 15 is 0 Å². The Morgan fingerprint density at radius 3 is 2.42 bits per heavy atom. The van der Waals surface area contributed by atoms with Crippen LogP contribution in [0.3, 0.4) is 0 Å². The zero-order valence-corrected chi connectivity index (χ0v) is 12.0. The molecule has 0 unspecified atom stereocenters. The summed E-state index contributed by atoms with van der Waals surface area (Å²) in [4.78, 5) is 6.30. The fourth-order valence-corrected chi connectivity index (χ4v) is 2.16. The molecule has 1 heterocycles. The van der Waals surface area contributed by atoms with E-state index in [0.29, 0.717) is 10.7 Å². The molecule has 2 aromatic rings. The first-order valence-corrected chi connectivity index (χ1v) is 6.68. The van der Waals surface area contributed by atoms with Crippen LogP contribution in [-0.4, -0.2) is 12.0 Å². The maximum atomic E-state index is 5.93. The third-order valence-electron chi connectivity index (χ3n) is 3.07. The molecule has 0 aliphatic heterocycles. The van der Waals surface area contributed by atoms with E-state index in [1.54, 1.807) is 12.3 Å². The number of nitrogens with two attached hydrogens (primary N) is 1. The highest BCUT2D eigenvalue weighted by atomic mass is 35.5. The summed E-state index contributed by atoms with van der Waals surface area (Å²) in [7, 11) is 1.97. The van der Waals surface area contributed by atoms with Crippen molar-refractivity contribution in [2.75, 3.05) is 17.7 Å². The van der Waals surface area contributed by atoms with Gasteiger partial charge in [-0.05, 0) is 23.6 Å². The van der Waals surface area contributed by atoms with Crippen LogP contribution in [0.5, 0.6) is 0 Å². The van der Waals surface area contributed by atoms with Crippen molar-refractivity contribution in [2.45, 2.75) is 19.9 Å². The average Bonchev–Trinajstić information content (AvgIpc) is 2.39. The summed E-state index contributed by atoms with van der Waals surface area (Å²) in [6.07, 6.45) is 2.67. The molecule has 0 radical (unpaired) electrons. The summed E-state index contributed by atoms with van der Waals surface area (Å²) in [5, 5.41) is 0.557. The summed E-state index contributed by atoms with van der Waals surface area (Å²) in [5.41, 5.74) is 9.11. The minimum atomic E-state index is 0.557. The van der Waals surface area contributed by atoms with Gasteiger partial charge in [0, 0.05) is 19.8 Å². The molecule has 0 amide bonds. The van der Waals surface area contributed by atoms with Gasteiger partial charge >= 0.3 is 0 Å². The highest BCUT2D eigenvalue weighted by molar-refractivity contribution is 6.30. The largest absolute Gasteiger partial charge is 0.396 e. The Bertz CT molecular complexity index is 552. The number of nitrogens with zero attached hydrogens (tertiary/aromatic N) is 2. The maximum absolute atomic E-state index is 5.93. The van der Waals surface area contributed by atoms with Gasteiger partial charge in [-0.25, -0.2) is 4.98 Å². The van der Waals surface area contributed by atoms with Crippen LogP contribution in [0.2, 0.25) is 5.02 Å². The molecule has 0 saturated carbocycles. The van der Waals surface area contributed by atoms with Crippen LogP contribution in [0, 0.1) is 0 Å². The fraction of sp³-hybridized carbons (Fsp3) is 0.267. The number of hydrogen-bond acceptors (Lipinski definition) is 3. The van der Waals surface area contributed by atoms with Crippen molar-refractivity contribution in [2.24, 2.45) is 0 Å². The number of rotatable bonds is 4. The number of aromatic nitrogens is 1. The zero-order chi connectivity index (χ0) is 13.8. The summed E-state index contributed by atoms with van der Waals surface area (Å²) >= 11 is 5.85. The second kappa shape index (κ2) is 5.93. The van der Waals surface area contributed by atoms with E-state index in [0.717, 1.165) is 18.8 Å². The molecule has 19 heavy (non-hydrogen) atoms. The molecule has 1 aromatic carbocycles. The van der Waals surface area contributed by atoms with Crippen LogP contribution >= 0.6 is 11.6 Å². The van der Waals surface area contributed by atoms with Crippen molar-refractivity contribution in [3.63, 3.8) is 0 Å². The normalized spacial score (nSPS) is 10.5. The van der Waals surface area contributed by atoms with Crippen molar-refractivity contribution >= 4 is 23.1 Å². The van der Waals surface area contributed by atoms with Gasteiger partial charge in [-0.1, -0.05) is 42.8 Å². The summed E-state index contributed by atoms with van der Waals surface area (Å²) in [5.74, 6) is 0.754. The van der Waals surface area contributed by atoms with Crippen LogP contribution in [0.4, 0.5) is 11.5 Å². The number of anilines is 2. The minimum Gasteiger partial charge on any atom is -0.396 e. The third-order valence-corrected chi connectivity index (χ3v) is 3.28. The topological polar surface area (TPSA) is 42.2 Å². The van der Waals surface area contributed by atoms with Gasteiger partial charge in [-0.2, -0.15) is 0 Å². The SMILES string of the molecule is CCc1ccc(CN(C)c2ncc(Cl)cc2N)cc1. The average molecular weight is 276 g/mol. The Balaban J connectivity index is 2.13. The summed E-state index contributed by atoms with van der Waals surface area (Å²) in [6.45, 7) is 2.92. The lowest BCUT2D eigenvalue weighted by Crippen LogP contribution is -2.19.